The number of likely N-dealkylation sites (tertiary alicyclic amines) is 1. The lowest BCUT2D eigenvalue weighted by Gasteiger charge is -2.35. The van der Waals surface area contributed by atoms with Gasteiger partial charge in [-0.2, -0.15) is 0 Å². The Morgan fingerprint density at radius 1 is 1.65 bits per heavy atom. The Labute approximate surface area is 108 Å². The average molecular weight is 253 g/mol. The minimum Gasteiger partial charge on any atom is -0.309 e. The second-order valence-electron chi connectivity index (χ2n) is 4.93. The van der Waals surface area contributed by atoms with Crippen LogP contribution in [-0.4, -0.2) is 35.6 Å². The van der Waals surface area contributed by atoms with Gasteiger partial charge in [-0.25, -0.2) is 0 Å². The van der Waals surface area contributed by atoms with E-state index in [4.69, 9.17) is 0 Å². The van der Waals surface area contributed by atoms with E-state index < -0.39 is 0 Å². The molecular formula is C13H23N3S. The van der Waals surface area contributed by atoms with Crippen molar-refractivity contribution in [3.05, 3.63) is 16.6 Å². The number of piperidine rings is 1. The van der Waals surface area contributed by atoms with Crippen molar-refractivity contribution in [1.82, 2.24) is 15.2 Å². The molecule has 2 unspecified atom stereocenters. The van der Waals surface area contributed by atoms with E-state index in [2.05, 4.69) is 29.0 Å². The number of thiazole rings is 1. The Morgan fingerprint density at radius 3 is 3.24 bits per heavy atom. The van der Waals surface area contributed by atoms with Gasteiger partial charge >= 0.3 is 0 Å². The molecule has 2 atom stereocenters. The van der Waals surface area contributed by atoms with Crippen molar-refractivity contribution in [1.29, 1.82) is 0 Å². The number of hydrogen-bond donors (Lipinski definition) is 1. The van der Waals surface area contributed by atoms with Crippen LogP contribution in [0.25, 0.3) is 0 Å². The van der Waals surface area contributed by atoms with Crippen LogP contribution in [0.3, 0.4) is 0 Å². The molecule has 1 aromatic rings. The Balaban J connectivity index is 1.76. The van der Waals surface area contributed by atoms with Gasteiger partial charge in [-0.3, -0.25) is 4.98 Å². The van der Waals surface area contributed by atoms with Gasteiger partial charge in [0.2, 0.25) is 0 Å². The van der Waals surface area contributed by atoms with Crippen molar-refractivity contribution in [3.63, 3.8) is 0 Å². The van der Waals surface area contributed by atoms with E-state index in [1.807, 2.05) is 11.7 Å². The Morgan fingerprint density at radius 2 is 2.53 bits per heavy atom. The summed E-state index contributed by atoms with van der Waals surface area (Å²) >= 11 is 1.73. The molecular weight excluding hydrogens is 230 g/mol. The summed E-state index contributed by atoms with van der Waals surface area (Å²) in [6.07, 6.45) is 4.68. The van der Waals surface area contributed by atoms with Crippen molar-refractivity contribution in [2.75, 3.05) is 19.6 Å². The molecule has 3 nitrogen and oxygen atoms in total. The van der Waals surface area contributed by atoms with Gasteiger partial charge < -0.3 is 10.2 Å². The molecule has 4 heteroatoms. The van der Waals surface area contributed by atoms with Crippen LogP contribution in [0.1, 0.15) is 31.6 Å². The van der Waals surface area contributed by atoms with Crippen LogP contribution in [-0.2, 0) is 6.54 Å². The number of nitrogens with zero attached hydrogens (tertiary/aromatic N) is 2. The molecule has 2 heterocycles. The molecule has 0 saturated carbocycles. The lowest BCUT2D eigenvalue weighted by atomic mass is 9.91. The molecule has 0 spiro atoms. The van der Waals surface area contributed by atoms with Crippen molar-refractivity contribution in [2.45, 2.75) is 39.3 Å². The highest BCUT2D eigenvalue weighted by Gasteiger charge is 2.23. The quantitative estimate of drug-likeness (QED) is 0.873. The predicted molar refractivity (Wildman–Crippen MR) is 73.3 cm³/mol. The zero-order valence-corrected chi connectivity index (χ0v) is 11.7. The van der Waals surface area contributed by atoms with E-state index in [0.29, 0.717) is 6.04 Å². The number of rotatable bonds is 5. The average Bonchev–Trinajstić information content (AvgIpc) is 2.89. The van der Waals surface area contributed by atoms with Gasteiger partial charge in [0.15, 0.2) is 0 Å². The van der Waals surface area contributed by atoms with Gasteiger partial charge in [-0.15, -0.1) is 11.3 Å². The normalized spacial score (nSPS) is 23.8. The minimum atomic E-state index is 0.603. The topological polar surface area (TPSA) is 28.2 Å². The van der Waals surface area contributed by atoms with E-state index in [0.717, 1.165) is 12.5 Å². The van der Waals surface area contributed by atoms with Gasteiger partial charge in [0.05, 0.1) is 5.51 Å². The molecule has 1 aromatic heterocycles. The summed E-state index contributed by atoms with van der Waals surface area (Å²) in [5.74, 6) is 0.802. The first-order chi connectivity index (χ1) is 8.29. The maximum atomic E-state index is 4.11. The van der Waals surface area contributed by atoms with Crippen LogP contribution in [0.15, 0.2) is 11.7 Å². The SMILES string of the molecule is CCN1CCCC(C(C)NCc2cncs2)C1. The summed E-state index contributed by atoms with van der Waals surface area (Å²) in [6, 6.07) is 0.603. The minimum absolute atomic E-state index is 0.603. The molecule has 1 aliphatic heterocycles. The molecule has 96 valence electrons. The van der Waals surface area contributed by atoms with Crippen LogP contribution in [0.5, 0.6) is 0 Å². The third-order valence-electron chi connectivity index (χ3n) is 3.78. The highest BCUT2D eigenvalue weighted by molar-refractivity contribution is 7.09. The highest BCUT2D eigenvalue weighted by atomic mass is 32.1. The fourth-order valence-corrected chi connectivity index (χ4v) is 3.09. The molecule has 0 bridgehead atoms. The van der Waals surface area contributed by atoms with Crippen LogP contribution in [0.2, 0.25) is 0 Å². The molecule has 2 rings (SSSR count). The molecule has 0 radical (unpaired) electrons. The van der Waals surface area contributed by atoms with E-state index in [-0.39, 0.29) is 0 Å². The summed E-state index contributed by atoms with van der Waals surface area (Å²) < 4.78 is 0. The smallest absolute Gasteiger partial charge is 0.0794 e. The largest absolute Gasteiger partial charge is 0.309 e. The van der Waals surface area contributed by atoms with Crippen LogP contribution in [0, 0.1) is 5.92 Å². The third kappa shape index (κ3) is 3.76. The summed E-state index contributed by atoms with van der Waals surface area (Å²) in [6.45, 7) is 9.29. The standard InChI is InChI=1S/C13H23N3S/c1-3-16-6-4-5-12(9-16)11(2)15-8-13-7-14-10-17-13/h7,10-12,15H,3-6,8-9H2,1-2H3. The molecule has 1 fully saturated rings. The van der Waals surface area contributed by atoms with Gasteiger partial charge in [0, 0.05) is 30.2 Å². The molecule has 0 amide bonds. The monoisotopic (exact) mass is 253 g/mol. The van der Waals surface area contributed by atoms with Gasteiger partial charge in [-0.1, -0.05) is 6.92 Å². The maximum Gasteiger partial charge on any atom is 0.0794 e. The first-order valence-electron chi connectivity index (χ1n) is 6.62. The van der Waals surface area contributed by atoms with E-state index in [9.17, 15) is 0 Å². The van der Waals surface area contributed by atoms with Crippen molar-refractivity contribution in [3.8, 4) is 0 Å². The van der Waals surface area contributed by atoms with Crippen LogP contribution >= 0.6 is 11.3 Å². The van der Waals surface area contributed by atoms with Crippen molar-refractivity contribution in [2.24, 2.45) is 5.92 Å². The Bertz CT molecular complexity index is 312. The van der Waals surface area contributed by atoms with Gasteiger partial charge in [0.1, 0.15) is 0 Å². The van der Waals surface area contributed by atoms with Gasteiger partial charge in [0.25, 0.3) is 0 Å². The van der Waals surface area contributed by atoms with Crippen molar-refractivity contribution < 1.29 is 0 Å². The second-order valence-corrected chi connectivity index (χ2v) is 5.90. The fraction of sp³-hybridized carbons (Fsp3) is 0.769. The lowest BCUT2D eigenvalue weighted by molar-refractivity contribution is 0.157. The van der Waals surface area contributed by atoms with Gasteiger partial charge in [-0.05, 0) is 38.8 Å². The first-order valence-corrected chi connectivity index (χ1v) is 7.50. The van der Waals surface area contributed by atoms with E-state index in [1.54, 1.807) is 11.3 Å². The number of nitrogens with one attached hydrogen (secondary N) is 1. The molecule has 1 aliphatic rings. The van der Waals surface area contributed by atoms with Crippen LogP contribution in [0.4, 0.5) is 0 Å². The van der Waals surface area contributed by atoms with Crippen LogP contribution < -0.4 is 5.32 Å². The molecule has 1 saturated heterocycles. The second kappa shape index (κ2) is 6.47. The fourth-order valence-electron chi connectivity index (χ4n) is 2.54. The van der Waals surface area contributed by atoms with E-state index in [1.165, 1.54) is 37.4 Å². The molecule has 1 N–H and O–H groups in total. The summed E-state index contributed by atoms with van der Waals surface area (Å²) in [4.78, 5) is 8.01. The number of aromatic nitrogens is 1. The zero-order chi connectivity index (χ0) is 12.1. The maximum absolute atomic E-state index is 4.11. The Kier molecular flexibility index (Phi) is 4.95. The summed E-state index contributed by atoms with van der Waals surface area (Å²) in [5.41, 5.74) is 1.90. The first kappa shape index (κ1) is 13.0. The summed E-state index contributed by atoms with van der Waals surface area (Å²) in [5, 5.41) is 3.64. The third-order valence-corrected chi connectivity index (χ3v) is 4.56. The molecule has 0 aromatic carbocycles. The van der Waals surface area contributed by atoms with E-state index >= 15 is 0 Å². The molecule has 0 aliphatic carbocycles. The summed E-state index contributed by atoms with van der Waals surface area (Å²) in [7, 11) is 0. The number of hydrogen-bond acceptors (Lipinski definition) is 4. The predicted octanol–water partition coefficient (Wildman–Crippen LogP) is 2.35. The molecule has 17 heavy (non-hydrogen) atoms. The zero-order valence-electron chi connectivity index (χ0n) is 10.9. The van der Waals surface area contributed by atoms with Crippen molar-refractivity contribution >= 4 is 11.3 Å². The highest BCUT2D eigenvalue weighted by Crippen LogP contribution is 2.20. The Hall–Kier alpha value is -0.450. The lowest BCUT2D eigenvalue weighted by Crippen LogP contribution is -2.44.